The molecule has 4 nitrogen and oxygen atoms in total. The van der Waals surface area contributed by atoms with E-state index in [4.69, 9.17) is 32.7 Å². The molecule has 0 saturated heterocycles. The highest BCUT2D eigenvalue weighted by Crippen LogP contribution is 2.33. The van der Waals surface area contributed by atoms with E-state index >= 15 is 0 Å². The molecule has 1 amide bonds. The molecule has 0 N–H and O–H groups in total. The molecule has 2 aromatic rings. The number of rotatable bonds is 5. The van der Waals surface area contributed by atoms with Gasteiger partial charge in [-0.25, -0.2) is 0 Å². The molecule has 6 heteroatoms. The average Bonchev–Trinajstić information content (AvgIpc) is 3.06. The van der Waals surface area contributed by atoms with Crippen LogP contribution in [0.15, 0.2) is 36.4 Å². The molecule has 2 aromatic carbocycles. The normalized spacial score (nSPS) is 13.6. The largest absolute Gasteiger partial charge is 0.454 e. The number of hydrogen-bond acceptors (Lipinski definition) is 3. The van der Waals surface area contributed by atoms with E-state index in [0.717, 1.165) is 22.6 Å². The molecule has 3 rings (SSSR count). The van der Waals surface area contributed by atoms with Crippen LogP contribution in [0.1, 0.15) is 30.5 Å². The number of ether oxygens (including phenoxy) is 2. The molecule has 1 heterocycles. The number of carbonyl (C=O) groups is 1. The fourth-order valence-electron chi connectivity index (χ4n) is 2.79. The third kappa shape index (κ3) is 4.02. The van der Waals surface area contributed by atoms with Crippen LogP contribution in [-0.4, -0.2) is 24.6 Å². The van der Waals surface area contributed by atoms with Crippen LogP contribution in [0.3, 0.4) is 0 Å². The first kappa shape index (κ1) is 17.9. The fourth-order valence-corrected chi connectivity index (χ4v) is 3.36. The summed E-state index contributed by atoms with van der Waals surface area (Å²) in [5, 5.41) is 1.15. The topological polar surface area (TPSA) is 38.8 Å². The van der Waals surface area contributed by atoms with E-state index in [-0.39, 0.29) is 18.7 Å². The minimum atomic E-state index is -0.131. The van der Waals surface area contributed by atoms with Crippen LogP contribution < -0.4 is 9.47 Å². The molecule has 0 bridgehead atoms. The Morgan fingerprint density at radius 1 is 1.16 bits per heavy atom. The van der Waals surface area contributed by atoms with Gasteiger partial charge in [0.2, 0.25) is 12.7 Å². The van der Waals surface area contributed by atoms with Gasteiger partial charge in [0.25, 0.3) is 0 Å². The standard InChI is InChI=1S/C19H19Cl2NO3/c1-12(15-6-5-14(20)10-16(15)21)22(2)19(23)8-4-13-3-7-17-18(9-13)25-11-24-17/h3,5-7,9-10,12H,4,8,11H2,1-2H3. The van der Waals surface area contributed by atoms with Crippen LogP contribution in [0, 0.1) is 0 Å². The summed E-state index contributed by atoms with van der Waals surface area (Å²) in [6.07, 6.45) is 1.05. The molecule has 0 saturated carbocycles. The minimum Gasteiger partial charge on any atom is -0.454 e. The molecule has 1 atom stereocenters. The van der Waals surface area contributed by atoms with Crippen molar-refractivity contribution in [3.8, 4) is 11.5 Å². The maximum absolute atomic E-state index is 12.5. The van der Waals surface area contributed by atoms with Crippen LogP contribution in [0.2, 0.25) is 10.0 Å². The van der Waals surface area contributed by atoms with Gasteiger partial charge in [-0.1, -0.05) is 35.3 Å². The molecule has 25 heavy (non-hydrogen) atoms. The molecule has 0 aliphatic carbocycles. The van der Waals surface area contributed by atoms with E-state index in [1.807, 2.05) is 31.2 Å². The molecular formula is C19H19Cl2NO3. The zero-order chi connectivity index (χ0) is 18.0. The zero-order valence-electron chi connectivity index (χ0n) is 14.1. The van der Waals surface area contributed by atoms with Gasteiger partial charge >= 0.3 is 0 Å². The Labute approximate surface area is 157 Å². The van der Waals surface area contributed by atoms with Gasteiger partial charge in [0.05, 0.1) is 6.04 Å². The maximum atomic E-state index is 12.5. The van der Waals surface area contributed by atoms with Crippen molar-refractivity contribution in [3.05, 3.63) is 57.6 Å². The summed E-state index contributed by atoms with van der Waals surface area (Å²) in [5.74, 6) is 1.54. The molecule has 1 aliphatic heterocycles. The van der Waals surface area contributed by atoms with Gasteiger partial charge < -0.3 is 14.4 Å². The van der Waals surface area contributed by atoms with Crippen molar-refractivity contribution in [3.63, 3.8) is 0 Å². The first-order valence-corrected chi connectivity index (χ1v) is 8.80. The van der Waals surface area contributed by atoms with E-state index in [1.165, 1.54) is 0 Å². The highest BCUT2D eigenvalue weighted by Gasteiger charge is 2.20. The Balaban J connectivity index is 1.62. The number of nitrogens with zero attached hydrogens (tertiary/aromatic N) is 1. The van der Waals surface area contributed by atoms with Crippen LogP contribution in [0.4, 0.5) is 0 Å². The summed E-state index contributed by atoms with van der Waals surface area (Å²) < 4.78 is 10.7. The second-order valence-corrected chi connectivity index (χ2v) is 6.88. The zero-order valence-corrected chi connectivity index (χ0v) is 15.6. The summed E-state index contributed by atoms with van der Waals surface area (Å²) >= 11 is 12.2. The van der Waals surface area contributed by atoms with Gasteiger partial charge in [0.1, 0.15) is 0 Å². The lowest BCUT2D eigenvalue weighted by Crippen LogP contribution is -2.30. The lowest BCUT2D eigenvalue weighted by atomic mass is 10.1. The number of amides is 1. The average molecular weight is 380 g/mol. The van der Waals surface area contributed by atoms with Gasteiger partial charge in [-0.05, 0) is 48.7 Å². The first-order valence-electron chi connectivity index (χ1n) is 8.05. The van der Waals surface area contributed by atoms with Gasteiger partial charge in [0.15, 0.2) is 11.5 Å². The number of aryl methyl sites for hydroxylation is 1. The quantitative estimate of drug-likeness (QED) is 0.743. The lowest BCUT2D eigenvalue weighted by Gasteiger charge is -2.26. The lowest BCUT2D eigenvalue weighted by molar-refractivity contribution is -0.131. The van der Waals surface area contributed by atoms with Crippen molar-refractivity contribution >= 4 is 29.1 Å². The highest BCUT2D eigenvalue weighted by molar-refractivity contribution is 6.35. The van der Waals surface area contributed by atoms with E-state index in [0.29, 0.717) is 22.9 Å². The summed E-state index contributed by atoms with van der Waals surface area (Å²) in [7, 11) is 1.79. The predicted molar refractivity (Wildman–Crippen MR) is 98.5 cm³/mol. The summed E-state index contributed by atoms with van der Waals surface area (Å²) in [6.45, 7) is 2.20. The molecule has 1 aliphatic rings. The highest BCUT2D eigenvalue weighted by atomic mass is 35.5. The van der Waals surface area contributed by atoms with Crippen molar-refractivity contribution in [2.75, 3.05) is 13.8 Å². The van der Waals surface area contributed by atoms with Crippen LogP contribution in [-0.2, 0) is 11.2 Å². The summed E-state index contributed by atoms with van der Waals surface area (Å²) in [6, 6.07) is 11.0. The second kappa shape index (κ2) is 7.54. The van der Waals surface area contributed by atoms with E-state index < -0.39 is 0 Å². The van der Waals surface area contributed by atoms with Crippen molar-refractivity contribution < 1.29 is 14.3 Å². The monoisotopic (exact) mass is 379 g/mol. The third-order valence-corrected chi connectivity index (χ3v) is 5.01. The van der Waals surface area contributed by atoms with Crippen molar-refractivity contribution in [1.82, 2.24) is 4.90 Å². The second-order valence-electron chi connectivity index (χ2n) is 6.03. The molecule has 0 fully saturated rings. The Bertz CT molecular complexity index is 794. The summed E-state index contributed by atoms with van der Waals surface area (Å²) in [4.78, 5) is 14.3. The number of hydrogen-bond donors (Lipinski definition) is 0. The van der Waals surface area contributed by atoms with E-state index in [2.05, 4.69) is 0 Å². The summed E-state index contributed by atoms with van der Waals surface area (Å²) in [5.41, 5.74) is 1.92. The Morgan fingerprint density at radius 2 is 1.92 bits per heavy atom. The van der Waals surface area contributed by atoms with E-state index in [9.17, 15) is 4.79 Å². The third-order valence-electron chi connectivity index (χ3n) is 4.45. The van der Waals surface area contributed by atoms with Gasteiger partial charge in [-0.3, -0.25) is 4.79 Å². The molecular weight excluding hydrogens is 361 g/mol. The van der Waals surface area contributed by atoms with Crippen molar-refractivity contribution in [2.24, 2.45) is 0 Å². The van der Waals surface area contributed by atoms with Crippen LogP contribution in [0.25, 0.3) is 0 Å². The smallest absolute Gasteiger partial charge is 0.231 e. The number of benzene rings is 2. The maximum Gasteiger partial charge on any atom is 0.231 e. The van der Waals surface area contributed by atoms with Gasteiger partial charge in [0, 0.05) is 23.5 Å². The Morgan fingerprint density at radius 3 is 2.68 bits per heavy atom. The van der Waals surface area contributed by atoms with Crippen LogP contribution in [0.5, 0.6) is 11.5 Å². The van der Waals surface area contributed by atoms with Crippen LogP contribution >= 0.6 is 23.2 Å². The van der Waals surface area contributed by atoms with Crippen molar-refractivity contribution in [2.45, 2.75) is 25.8 Å². The fraction of sp³-hybridized carbons (Fsp3) is 0.316. The van der Waals surface area contributed by atoms with Gasteiger partial charge in [-0.15, -0.1) is 0 Å². The minimum absolute atomic E-state index is 0.0520. The van der Waals surface area contributed by atoms with E-state index in [1.54, 1.807) is 24.1 Å². The van der Waals surface area contributed by atoms with Gasteiger partial charge in [-0.2, -0.15) is 0 Å². The number of carbonyl (C=O) groups excluding carboxylic acids is 1. The molecule has 1 unspecified atom stereocenters. The first-order chi connectivity index (χ1) is 12.0. The molecule has 0 spiro atoms. The molecule has 0 radical (unpaired) electrons. The Kier molecular flexibility index (Phi) is 5.40. The van der Waals surface area contributed by atoms with Crippen molar-refractivity contribution in [1.29, 1.82) is 0 Å². The Hall–Kier alpha value is -1.91. The molecule has 132 valence electrons. The number of halogens is 2. The SMILES string of the molecule is CC(c1ccc(Cl)cc1Cl)N(C)C(=O)CCc1ccc2c(c1)OCO2. The molecule has 0 aromatic heterocycles. The number of fused-ring (bicyclic) bond motifs is 1. The predicted octanol–water partition coefficient (Wildman–Crippen LogP) is 4.87.